The van der Waals surface area contributed by atoms with Gasteiger partial charge in [0.25, 0.3) is 0 Å². The molecule has 11 heteroatoms. The molecular weight excluding hydrogens is 430 g/mol. The minimum atomic E-state index is -0.712. The van der Waals surface area contributed by atoms with Crippen LogP contribution in [0.4, 0.5) is 0 Å². The number of hydrogen-bond acceptors (Lipinski definition) is 9. The lowest BCUT2D eigenvalue weighted by atomic mass is 10.1. The van der Waals surface area contributed by atoms with Crippen molar-refractivity contribution in [2.24, 2.45) is 7.05 Å². The van der Waals surface area contributed by atoms with Crippen LogP contribution in [-0.4, -0.2) is 43.5 Å². The molecule has 0 spiro atoms. The Morgan fingerprint density at radius 2 is 2.19 bits per heavy atom. The number of carbonyl (C=O) groups excluding carboxylic acids is 1. The van der Waals surface area contributed by atoms with Crippen LogP contribution in [0.2, 0.25) is 0 Å². The van der Waals surface area contributed by atoms with E-state index in [2.05, 4.69) is 31.7 Å². The molecule has 162 valence electrons. The molecule has 0 unspecified atom stereocenters. The maximum absolute atomic E-state index is 12.1. The molecule has 1 aliphatic rings. The number of aryl methyl sites for hydroxylation is 1. The number of amides is 1. The average molecular weight is 449 g/mol. The van der Waals surface area contributed by atoms with E-state index in [1.165, 1.54) is 11.3 Å². The Morgan fingerprint density at radius 1 is 1.38 bits per heavy atom. The van der Waals surface area contributed by atoms with Gasteiger partial charge < -0.3 is 14.5 Å². The van der Waals surface area contributed by atoms with Crippen molar-refractivity contribution in [1.29, 1.82) is 5.26 Å². The largest absolute Gasteiger partial charge is 0.496 e. The van der Waals surface area contributed by atoms with Gasteiger partial charge in [0.05, 0.1) is 36.0 Å². The van der Waals surface area contributed by atoms with Crippen molar-refractivity contribution >= 4 is 27.5 Å². The van der Waals surface area contributed by atoms with Gasteiger partial charge in [-0.05, 0) is 18.9 Å². The summed E-state index contributed by atoms with van der Waals surface area (Å²) in [7, 11) is 3.50. The van der Waals surface area contributed by atoms with Gasteiger partial charge in [-0.2, -0.15) is 10.4 Å². The molecule has 0 atom stereocenters. The van der Waals surface area contributed by atoms with Gasteiger partial charge in [0.2, 0.25) is 17.7 Å². The smallest absolute Gasteiger partial charge is 0.230 e. The molecule has 4 aromatic rings. The van der Waals surface area contributed by atoms with E-state index in [0.29, 0.717) is 25.2 Å². The van der Waals surface area contributed by atoms with Crippen LogP contribution in [-0.2, 0) is 24.7 Å². The highest BCUT2D eigenvalue weighted by atomic mass is 32.1. The Labute approximate surface area is 186 Å². The normalized spacial score (nSPS) is 14.3. The molecular formula is C21H19N7O3S. The number of benzene rings is 1. The quantitative estimate of drug-likeness (QED) is 0.455. The van der Waals surface area contributed by atoms with Gasteiger partial charge in [0.15, 0.2) is 0 Å². The summed E-state index contributed by atoms with van der Waals surface area (Å²) in [5.41, 5.74) is 2.02. The van der Waals surface area contributed by atoms with Crippen molar-refractivity contribution in [2.45, 2.75) is 31.2 Å². The molecule has 0 radical (unpaired) electrons. The lowest BCUT2D eigenvalue weighted by molar-refractivity contribution is -0.121. The van der Waals surface area contributed by atoms with E-state index in [1.807, 2.05) is 25.4 Å². The van der Waals surface area contributed by atoms with E-state index in [-0.39, 0.29) is 18.2 Å². The Hall–Kier alpha value is -3.78. The number of nitrogens with zero attached hydrogens (tertiary/aromatic N) is 6. The molecule has 1 amide bonds. The fourth-order valence-electron chi connectivity index (χ4n) is 3.43. The van der Waals surface area contributed by atoms with Crippen LogP contribution in [0.3, 0.4) is 0 Å². The fourth-order valence-corrected chi connectivity index (χ4v) is 4.41. The maximum atomic E-state index is 12.1. The Bertz CT molecular complexity index is 1360. The number of methoxy groups -OCH3 is 1. The van der Waals surface area contributed by atoms with E-state index in [9.17, 15) is 4.79 Å². The first-order valence-corrected chi connectivity index (χ1v) is 10.8. The second-order valence-electron chi connectivity index (χ2n) is 7.72. The first kappa shape index (κ1) is 20.1. The van der Waals surface area contributed by atoms with Gasteiger partial charge >= 0.3 is 0 Å². The lowest BCUT2D eigenvalue weighted by Crippen LogP contribution is -2.36. The highest BCUT2D eigenvalue weighted by Crippen LogP contribution is 2.36. The molecule has 32 heavy (non-hydrogen) atoms. The van der Waals surface area contributed by atoms with Gasteiger partial charge in [-0.3, -0.25) is 9.48 Å². The lowest BCUT2D eigenvalue weighted by Gasteiger charge is -2.06. The summed E-state index contributed by atoms with van der Waals surface area (Å²) < 4.78 is 13.9. The summed E-state index contributed by atoms with van der Waals surface area (Å²) in [5.74, 6) is 1.02. The molecule has 1 aromatic carbocycles. The van der Waals surface area contributed by atoms with Crippen molar-refractivity contribution in [2.75, 3.05) is 7.11 Å². The number of aromatic nitrogens is 5. The molecule has 3 aromatic heterocycles. The van der Waals surface area contributed by atoms with E-state index in [1.54, 1.807) is 18.0 Å². The van der Waals surface area contributed by atoms with Crippen molar-refractivity contribution in [3.05, 3.63) is 41.3 Å². The summed E-state index contributed by atoms with van der Waals surface area (Å²) in [6, 6.07) is 6.07. The predicted molar refractivity (Wildman–Crippen MR) is 115 cm³/mol. The molecule has 0 saturated heterocycles. The second-order valence-corrected chi connectivity index (χ2v) is 8.83. The monoisotopic (exact) mass is 449 g/mol. The van der Waals surface area contributed by atoms with Crippen LogP contribution in [0.1, 0.15) is 29.6 Å². The van der Waals surface area contributed by atoms with Crippen LogP contribution in [0.25, 0.3) is 21.3 Å². The second kappa shape index (κ2) is 7.72. The first-order chi connectivity index (χ1) is 15.5. The first-order valence-electron chi connectivity index (χ1n) is 9.97. The van der Waals surface area contributed by atoms with Crippen molar-refractivity contribution in [3.63, 3.8) is 0 Å². The highest BCUT2D eigenvalue weighted by Gasteiger charge is 2.44. The number of ether oxygens (including phenoxy) is 1. The molecule has 1 fully saturated rings. The van der Waals surface area contributed by atoms with E-state index in [4.69, 9.17) is 14.4 Å². The van der Waals surface area contributed by atoms with Gasteiger partial charge in [0.1, 0.15) is 22.7 Å². The molecule has 0 aliphatic heterocycles. The summed E-state index contributed by atoms with van der Waals surface area (Å²) in [5, 5.41) is 24.8. The van der Waals surface area contributed by atoms with Crippen molar-refractivity contribution < 1.29 is 13.9 Å². The van der Waals surface area contributed by atoms with Crippen molar-refractivity contribution in [3.8, 4) is 22.9 Å². The number of hydrogen-bond donors (Lipinski definition) is 1. The number of thiazole rings is 1. The van der Waals surface area contributed by atoms with Gasteiger partial charge in [-0.1, -0.05) is 0 Å². The predicted octanol–water partition coefficient (Wildman–Crippen LogP) is 2.39. The van der Waals surface area contributed by atoms with Crippen LogP contribution in [0.15, 0.2) is 28.9 Å². The third-order valence-corrected chi connectivity index (χ3v) is 6.25. The topological polar surface area (TPSA) is 132 Å². The third-order valence-electron chi connectivity index (χ3n) is 5.24. The van der Waals surface area contributed by atoms with Crippen LogP contribution >= 0.6 is 11.3 Å². The molecule has 1 N–H and O–H groups in total. The molecule has 3 heterocycles. The minimum Gasteiger partial charge on any atom is -0.496 e. The number of carbonyl (C=O) groups is 1. The standard InChI is InChI=1S/C21H19N7O3S/c1-28-10-12(9-23-28)13-5-16-14(6-15(13)30-2)24-20(32-16)8-19-27-26-18(31-19)7-17(29)25-21(11-22)3-4-21/h5-6,9-10H,3-4,7-8H2,1-2H3,(H,25,29). The molecule has 10 nitrogen and oxygen atoms in total. The summed E-state index contributed by atoms with van der Waals surface area (Å²) >= 11 is 1.53. The van der Waals surface area contributed by atoms with Gasteiger partial charge in [-0.25, -0.2) is 4.98 Å². The van der Waals surface area contributed by atoms with E-state index in [0.717, 1.165) is 32.1 Å². The van der Waals surface area contributed by atoms with E-state index >= 15 is 0 Å². The van der Waals surface area contributed by atoms with Gasteiger partial charge in [-0.15, -0.1) is 21.5 Å². The SMILES string of the molecule is COc1cc2nc(Cc3nnc(CC(=O)NC4(C#N)CC4)o3)sc2cc1-c1cnn(C)c1. The summed E-state index contributed by atoms with van der Waals surface area (Å²) in [6.07, 6.45) is 5.39. The van der Waals surface area contributed by atoms with Gasteiger partial charge in [0, 0.05) is 30.4 Å². The molecule has 1 saturated carbocycles. The Kier molecular flexibility index (Phi) is 4.86. The maximum Gasteiger partial charge on any atom is 0.230 e. The number of rotatable bonds is 7. The minimum absolute atomic E-state index is 0.0536. The molecule has 0 bridgehead atoms. The highest BCUT2D eigenvalue weighted by molar-refractivity contribution is 7.18. The molecule has 5 rings (SSSR count). The van der Waals surface area contributed by atoms with Crippen LogP contribution in [0.5, 0.6) is 5.75 Å². The van der Waals surface area contributed by atoms with Crippen LogP contribution in [0, 0.1) is 11.3 Å². The van der Waals surface area contributed by atoms with Crippen molar-refractivity contribution in [1.82, 2.24) is 30.3 Å². The van der Waals surface area contributed by atoms with E-state index < -0.39 is 5.54 Å². The fraction of sp³-hybridized carbons (Fsp3) is 0.333. The molecule has 1 aliphatic carbocycles. The summed E-state index contributed by atoms with van der Waals surface area (Å²) in [4.78, 5) is 16.8. The number of nitrogens with one attached hydrogen (secondary N) is 1. The summed E-state index contributed by atoms with van der Waals surface area (Å²) in [6.45, 7) is 0. The number of fused-ring (bicyclic) bond motifs is 1. The zero-order valence-electron chi connectivity index (χ0n) is 17.5. The Balaban J connectivity index is 1.32. The van der Waals surface area contributed by atoms with Crippen LogP contribution < -0.4 is 10.1 Å². The zero-order chi connectivity index (χ0) is 22.3. The zero-order valence-corrected chi connectivity index (χ0v) is 18.3. The number of nitriles is 1. The average Bonchev–Trinajstić information content (AvgIpc) is 3.08. The third kappa shape index (κ3) is 3.92. The Morgan fingerprint density at radius 3 is 2.88 bits per heavy atom.